The van der Waals surface area contributed by atoms with Crippen LogP contribution < -0.4 is 5.73 Å². The Morgan fingerprint density at radius 3 is 2.92 bits per heavy atom. The van der Waals surface area contributed by atoms with Crippen LogP contribution in [0.3, 0.4) is 0 Å². The van der Waals surface area contributed by atoms with Crippen molar-refractivity contribution in [2.75, 3.05) is 18.9 Å². The zero-order valence-electron chi connectivity index (χ0n) is 18.4. The van der Waals surface area contributed by atoms with E-state index < -0.39 is 44.0 Å². The van der Waals surface area contributed by atoms with Crippen LogP contribution in [0.5, 0.6) is 0 Å². The summed E-state index contributed by atoms with van der Waals surface area (Å²) < 4.78 is 47.7. The molecule has 0 aliphatic carbocycles. The molecule has 3 saturated heterocycles. The second kappa shape index (κ2) is 8.47. The van der Waals surface area contributed by atoms with Gasteiger partial charge in [-0.3, -0.25) is 18.6 Å². The molecule has 15 nitrogen and oxygen atoms in total. The molecule has 0 unspecified atom stereocenters. The van der Waals surface area contributed by atoms with Gasteiger partial charge in [-0.15, -0.1) is 5.10 Å². The van der Waals surface area contributed by atoms with Gasteiger partial charge in [0.1, 0.15) is 17.7 Å². The van der Waals surface area contributed by atoms with Crippen LogP contribution in [0, 0.1) is 11.3 Å². The number of hydrogen-bond acceptors (Lipinski definition) is 14. The molecule has 186 valence electrons. The minimum Gasteiger partial charge on any atom is -0.424 e. The molecule has 0 bridgehead atoms. The van der Waals surface area contributed by atoms with Gasteiger partial charge in [-0.1, -0.05) is 0 Å². The molecule has 0 aromatic carbocycles. The van der Waals surface area contributed by atoms with Crippen molar-refractivity contribution in [1.82, 2.24) is 25.0 Å². The summed E-state index contributed by atoms with van der Waals surface area (Å²) in [4.78, 5) is 16.0. The first-order valence-electron chi connectivity index (χ1n) is 10.8. The van der Waals surface area contributed by atoms with Crippen molar-refractivity contribution in [1.29, 1.82) is 5.26 Å². The molecule has 6 heterocycles. The standard InChI is InChI=1S/C20H18N7O8P/c21-10-20(15-2-1-12-18(22)24-25-26-27(12)15)17-16(32-19(28)33-17)14(34-20)9-31-36(29)30-8-5-13(35-36)11-3-6-23-7-4-11/h1-4,6-7,13-14,16-17H,5,8-9H2,(H2,22,24,26)/t13-,14+,16+,17+,20-,36+/m0/s1. The maximum Gasteiger partial charge on any atom is 0.509 e. The summed E-state index contributed by atoms with van der Waals surface area (Å²) >= 11 is 0. The quantitative estimate of drug-likeness (QED) is 0.378. The normalized spacial score (nSPS) is 33.6. The number of fused-ring (bicyclic) bond motifs is 2. The predicted octanol–water partition coefficient (Wildman–Crippen LogP) is 1.43. The zero-order chi connectivity index (χ0) is 24.9. The molecular formula is C20H18N7O8P. The van der Waals surface area contributed by atoms with Crippen molar-refractivity contribution in [3.05, 3.63) is 47.9 Å². The Labute approximate surface area is 202 Å². The summed E-state index contributed by atoms with van der Waals surface area (Å²) in [6.07, 6.45) is -1.15. The third-order valence-electron chi connectivity index (χ3n) is 6.17. The van der Waals surface area contributed by atoms with E-state index in [2.05, 4.69) is 26.6 Å². The van der Waals surface area contributed by atoms with Gasteiger partial charge in [0.25, 0.3) is 0 Å². The van der Waals surface area contributed by atoms with Crippen LogP contribution in [0.1, 0.15) is 23.8 Å². The number of anilines is 1. The monoisotopic (exact) mass is 515 g/mol. The number of phosphoric ester groups is 1. The summed E-state index contributed by atoms with van der Waals surface area (Å²) in [6.45, 7) is -0.257. The number of ether oxygens (including phenoxy) is 3. The average Bonchev–Trinajstić information content (AvgIpc) is 3.57. The van der Waals surface area contributed by atoms with Gasteiger partial charge in [0, 0.05) is 18.8 Å². The van der Waals surface area contributed by atoms with Gasteiger partial charge in [-0.2, -0.15) is 5.26 Å². The number of carbonyl (C=O) groups is 1. The minimum absolute atomic E-state index is 0.0758. The number of rotatable bonds is 5. The van der Waals surface area contributed by atoms with E-state index in [0.29, 0.717) is 11.9 Å². The highest BCUT2D eigenvalue weighted by Crippen LogP contribution is 2.57. The van der Waals surface area contributed by atoms with E-state index in [4.69, 9.17) is 33.5 Å². The topological polar surface area (TPSA) is 195 Å². The lowest BCUT2D eigenvalue weighted by molar-refractivity contribution is -0.0849. The van der Waals surface area contributed by atoms with Gasteiger partial charge in [-0.05, 0) is 40.3 Å². The average molecular weight is 515 g/mol. The Morgan fingerprint density at radius 1 is 1.28 bits per heavy atom. The summed E-state index contributed by atoms with van der Waals surface area (Å²) in [6, 6.07) is 8.67. The summed E-state index contributed by atoms with van der Waals surface area (Å²) in [7, 11) is -4.01. The number of nitrogens with two attached hydrogens (primary N) is 1. The van der Waals surface area contributed by atoms with Gasteiger partial charge >= 0.3 is 14.0 Å². The Kier molecular flexibility index (Phi) is 5.36. The Bertz CT molecular complexity index is 1410. The van der Waals surface area contributed by atoms with Crippen LogP contribution >= 0.6 is 7.82 Å². The van der Waals surface area contributed by atoms with Crippen LogP contribution in [0.15, 0.2) is 36.7 Å². The molecule has 6 rings (SSSR count). The van der Waals surface area contributed by atoms with Crippen LogP contribution in [-0.2, 0) is 37.9 Å². The smallest absolute Gasteiger partial charge is 0.424 e. The summed E-state index contributed by atoms with van der Waals surface area (Å²) in [5, 5.41) is 21.4. The van der Waals surface area contributed by atoms with E-state index in [-0.39, 0.29) is 24.7 Å². The van der Waals surface area contributed by atoms with Crippen molar-refractivity contribution in [3.63, 3.8) is 0 Å². The fraction of sp³-hybridized carbons (Fsp3) is 0.400. The molecule has 0 radical (unpaired) electrons. The third-order valence-corrected chi connectivity index (χ3v) is 7.64. The Balaban J connectivity index is 1.26. The fourth-order valence-corrected chi connectivity index (χ4v) is 5.91. The molecule has 0 amide bonds. The van der Waals surface area contributed by atoms with Crippen LogP contribution in [0.4, 0.5) is 10.6 Å². The van der Waals surface area contributed by atoms with Crippen molar-refractivity contribution in [2.45, 2.75) is 36.4 Å². The number of phosphoric acid groups is 1. The SMILES string of the molecule is N#C[C@@]1(c2ccc3c(N)nnnn23)O[C@H](CO[P@@]2(=O)OCC[C@@H](c3ccncc3)O2)[C@H]2OC(=O)O[C@H]21. The number of carbonyl (C=O) groups excluding carboxylic acids is 1. The van der Waals surface area contributed by atoms with Gasteiger partial charge in [-0.25, -0.2) is 13.9 Å². The third kappa shape index (κ3) is 3.58. The molecule has 0 saturated carbocycles. The maximum absolute atomic E-state index is 13.2. The van der Waals surface area contributed by atoms with Crippen LogP contribution in [0.25, 0.3) is 5.52 Å². The number of nitrogen functional groups attached to an aromatic ring is 1. The van der Waals surface area contributed by atoms with Crippen LogP contribution in [-0.4, -0.2) is 62.7 Å². The summed E-state index contributed by atoms with van der Waals surface area (Å²) in [5.74, 6) is 0.0758. The van der Waals surface area contributed by atoms with E-state index in [9.17, 15) is 14.6 Å². The molecule has 0 spiro atoms. The van der Waals surface area contributed by atoms with E-state index in [1.54, 1.807) is 30.6 Å². The van der Waals surface area contributed by atoms with Crippen molar-refractivity contribution in [2.24, 2.45) is 0 Å². The zero-order valence-corrected chi connectivity index (χ0v) is 19.3. The number of aromatic nitrogens is 5. The highest BCUT2D eigenvalue weighted by atomic mass is 31.2. The van der Waals surface area contributed by atoms with E-state index in [0.717, 1.165) is 5.56 Å². The molecule has 6 atom stereocenters. The second-order valence-corrected chi connectivity index (χ2v) is 9.82. The second-order valence-electron chi connectivity index (χ2n) is 8.19. The highest BCUT2D eigenvalue weighted by molar-refractivity contribution is 7.48. The van der Waals surface area contributed by atoms with Gasteiger partial charge in [0.2, 0.25) is 5.60 Å². The van der Waals surface area contributed by atoms with Crippen molar-refractivity contribution >= 4 is 25.3 Å². The predicted molar refractivity (Wildman–Crippen MR) is 115 cm³/mol. The number of pyridine rings is 1. The maximum atomic E-state index is 13.2. The van der Waals surface area contributed by atoms with E-state index in [1.807, 2.05) is 0 Å². The first kappa shape index (κ1) is 22.8. The molecule has 3 fully saturated rings. The number of hydrogen-bond donors (Lipinski definition) is 1. The summed E-state index contributed by atoms with van der Waals surface area (Å²) in [5.41, 5.74) is 5.32. The first-order chi connectivity index (χ1) is 17.4. The van der Waals surface area contributed by atoms with Crippen molar-refractivity contribution < 1.29 is 37.1 Å². The van der Waals surface area contributed by atoms with Gasteiger partial charge in [0.05, 0.1) is 25.0 Å². The molecular weight excluding hydrogens is 497 g/mol. The lowest BCUT2D eigenvalue weighted by Gasteiger charge is -2.30. The molecule has 3 aromatic rings. The van der Waals surface area contributed by atoms with Gasteiger partial charge < -0.3 is 19.9 Å². The Morgan fingerprint density at radius 2 is 2.11 bits per heavy atom. The molecule has 3 aromatic heterocycles. The van der Waals surface area contributed by atoms with Crippen molar-refractivity contribution in [3.8, 4) is 6.07 Å². The lowest BCUT2D eigenvalue weighted by atomic mass is 9.92. The molecule has 3 aliphatic rings. The molecule has 16 heteroatoms. The lowest BCUT2D eigenvalue weighted by Crippen LogP contribution is -2.39. The Hall–Kier alpha value is -3.67. The number of nitrogens with zero attached hydrogens (tertiary/aromatic N) is 6. The first-order valence-corrected chi connectivity index (χ1v) is 12.3. The molecule has 3 aliphatic heterocycles. The minimum atomic E-state index is -4.01. The number of nitriles is 1. The van der Waals surface area contributed by atoms with E-state index >= 15 is 0 Å². The fourth-order valence-electron chi connectivity index (χ4n) is 4.52. The van der Waals surface area contributed by atoms with Gasteiger partial charge in [0.15, 0.2) is 18.0 Å². The molecule has 36 heavy (non-hydrogen) atoms. The largest absolute Gasteiger partial charge is 0.509 e. The molecule has 2 N–H and O–H groups in total. The van der Waals surface area contributed by atoms with E-state index in [1.165, 1.54) is 10.6 Å². The highest BCUT2D eigenvalue weighted by Gasteiger charge is 2.65. The van der Waals surface area contributed by atoms with Crippen LogP contribution in [0.2, 0.25) is 0 Å².